The Hall–Kier alpha value is -0.610. The van der Waals surface area contributed by atoms with E-state index in [0.29, 0.717) is 25.6 Å². The standard InChI is InChI=1S/C14H28N2O2/c1-4-16(10-14(2,3)18)13(17)12-7-5-6-11(8-12)9-15/h11-12,18H,4-10,15H2,1-3H3. The van der Waals surface area contributed by atoms with Crippen LogP contribution in [0.5, 0.6) is 0 Å². The van der Waals surface area contributed by atoms with Gasteiger partial charge in [-0.05, 0) is 52.5 Å². The first-order valence-electron chi connectivity index (χ1n) is 7.08. The molecule has 106 valence electrons. The summed E-state index contributed by atoms with van der Waals surface area (Å²) in [6.07, 6.45) is 4.13. The van der Waals surface area contributed by atoms with Crippen LogP contribution in [0.1, 0.15) is 46.5 Å². The molecule has 3 N–H and O–H groups in total. The number of nitrogens with zero attached hydrogens (tertiary/aromatic N) is 1. The molecule has 0 aromatic rings. The summed E-state index contributed by atoms with van der Waals surface area (Å²) in [5.74, 6) is 0.793. The van der Waals surface area contributed by atoms with Gasteiger partial charge >= 0.3 is 0 Å². The van der Waals surface area contributed by atoms with Crippen molar-refractivity contribution in [1.29, 1.82) is 0 Å². The summed E-state index contributed by atoms with van der Waals surface area (Å²) < 4.78 is 0. The highest BCUT2D eigenvalue weighted by molar-refractivity contribution is 5.79. The molecular formula is C14H28N2O2. The summed E-state index contributed by atoms with van der Waals surface area (Å²) in [5, 5.41) is 9.85. The summed E-state index contributed by atoms with van der Waals surface area (Å²) >= 11 is 0. The van der Waals surface area contributed by atoms with Crippen molar-refractivity contribution < 1.29 is 9.90 Å². The van der Waals surface area contributed by atoms with E-state index in [1.165, 1.54) is 0 Å². The molecule has 0 aromatic carbocycles. The van der Waals surface area contributed by atoms with Gasteiger partial charge in [-0.1, -0.05) is 6.42 Å². The van der Waals surface area contributed by atoms with E-state index >= 15 is 0 Å². The Balaban J connectivity index is 2.60. The first-order valence-corrected chi connectivity index (χ1v) is 7.08. The molecule has 1 aliphatic carbocycles. The number of hydrogen-bond donors (Lipinski definition) is 2. The fraction of sp³-hybridized carbons (Fsp3) is 0.929. The second kappa shape index (κ2) is 6.53. The molecule has 1 saturated carbocycles. The van der Waals surface area contributed by atoms with Gasteiger partial charge in [0.05, 0.1) is 5.60 Å². The molecule has 1 fully saturated rings. The summed E-state index contributed by atoms with van der Waals surface area (Å²) in [6, 6.07) is 0. The van der Waals surface area contributed by atoms with Crippen molar-refractivity contribution in [3.05, 3.63) is 0 Å². The fourth-order valence-corrected chi connectivity index (χ4v) is 2.80. The minimum atomic E-state index is -0.826. The maximum absolute atomic E-state index is 12.4. The summed E-state index contributed by atoms with van der Waals surface area (Å²) in [5.41, 5.74) is 4.89. The van der Waals surface area contributed by atoms with Crippen LogP contribution in [0, 0.1) is 11.8 Å². The van der Waals surface area contributed by atoms with E-state index in [2.05, 4.69) is 0 Å². The third-order valence-electron chi connectivity index (χ3n) is 3.74. The average molecular weight is 256 g/mol. The molecule has 0 saturated heterocycles. The van der Waals surface area contributed by atoms with Crippen molar-refractivity contribution in [3.8, 4) is 0 Å². The van der Waals surface area contributed by atoms with Gasteiger partial charge in [0.15, 0.2) is 0 Å². The number of likely N-dealkylation sites (N-methyl/N-ethyl adjacent to an activating group) is 1. The van der Waals surface area contributed by atoms with E-state index in [1.807, 2.05) is 6.92 Å². The minimum absolute atomic E-state index is 0.106. The van der Waals surface area contributed by atoms with E-state index in [4.69, 9.17) is 5.73 Å². The highest BCUT2D eigenvalue weighted by Gasteiger charge is 2.31. The van der Waals surface area contributed by atoms with E-state index in [0.717, 1.165) is 25.7 Å². The molecule has 2 atom stereocenters. The molecule has 1 amide bonds. The Kier molecular flexibility index (Phi) is 5.60. The molecule has 0 spiro atoms. The Morgan fingerprint density at radius 3 is 2.61 bits per heavy atom. The van der Waals surface area contributed by atoms with Gasteiger partial charge in [-0.3, -0.25) is 4.79 Å². The minimum Gasteiger partial charge on any atom is -0.389 e. The van der Waals surface area contributed by atoms with E-state index < -0.39 is 5.60 Å². The molecule has 4 nitrogen and oxygen atoms in total. The molecule has 1 aliphatic rings. The molecule has 18 heavy (non-hydrogen) atoms. The SMILES string of the molecule is CCN(CC(C)(C)O)C(=O)C1CCCC(CN)C1. The first kappa shape index (κ1) is 15.4. The van der Waals surface area contributed by atoms with Crippen LogP contribution in [0.25, 0.3) is 0 Å². The van der Waals surface area contributed by atoms with Gasteiger partial charge in [0.25, 0.3) is 0 Å². The largest absolute Gasteiger partial charge is 0.389 e. The fourth-order valence-electron chi connectivity index (χ4n) is 2.80. The zero-order chi connectivity index (χ0) is 13.8. The van der Waals surface area contributed by atoms with Gasteiger partial charge in [-0.25, -0.2) is 0 Å². The van der Waals surface area contributed by atoms with Crippen LogP contribution in [0.3, 0.4) is 0 Å². The van der Waals surface area contributed by atoms with Gasteiger partial charge < -0.3 is 15.7 Å². The van der Waals surface area contributed by atoms with Crippen LogP contribution >= 0.6 is 0 Å². The third kappa shape index (κ3) is 4.58. The monoisotopic (exact) mass is 256 g/mol. The van der Waals surface area contributed by atoms with Crippen molar-refractivity contribution in [2.24, 2.45) is 17.6 Å². The van der Waals surface area contributed by atoms with Gasteiger partial charge in [0, 0.05) is 19.0 Å². The van der Waals surface area contributed by atoms with Crippen molar-refractivity contribution in [1.82, 2.24) is 4.90 Å². The molecule has 0 radical (unpaired) electrons. The molecular weight excluding hydrogens is 228 g/mol. The number of carbonyl (C=O) groups is 1. The third-order valence-corrected chi connectivity index (χ3v) is 3.74. The average Bonchev–Trinajstić information content (AvgIpc) is 2.34. The van der Waals surface area contributed by atoms with Crippen molar-refractivity contribution >= 4 is 5.91 Å². The molecule has 0 bridgehead atoms. The second-order valence-corrected chi connectivity index (χ2v) is 6.13. The lowest BCUT2D eigenvalue weighted by Crippen LogP contribution is -2.45. The van der Waals surface area contributed by atoms with E-state index in [1.54, 1.807) is 18.7 Å². The summed E-state index contributed by atoms with van der Waals surface area (Å²) in [6.45, 7) is 7.20. The summed E-state index contributed by atoms with van der Waals surface area (Å²) in [4.78, 5) is 14.2. The lowest BCUT2D eigenvalue weighted by molar-refractivity contribution is -0.139. The van der Waals surface area contributed by atoms with Crippen LogP contribution in [0.15, 0.2) is 0 Å². The predicted octanol–water partition coefficient (Wildman–Crippen LogP) is 1.37. The van der Waals surface area contributed by atoms with E-state index in [9.17, 15) is 9.90 Å². The second-order valence-electron chi connectivity index (χ2n) is 6.13. The van der Waals surface area contributed by atoms with Crippen LogP contribution < -0.4 is 5.73 Å². The number of rotatable bonds is 5. The van der Waals surface area contributed by atoms with Gasteiger partial charge in [0.2, 0.25) is 5.91 Å². The maximum Gasteiger partial charge on any atom is 0.225 e. The lowest BCUT2D eigenvalue weighted by Gasteiger charge is -2.34. The summed E-state index contributed by atoms with van der Waals surface area (Å²) in [7, 11) is 0. The Morgan fingerprint density at radius 2 is 2.11 bits per heavy atom. The number of amides is 1. The van der Waals surface area contributed by atoms with Crippen LogP contribution in [0.4, 0.5) is 0 Å². The normalized spacial score (nSPS) is 24.9. The Labute approximate surface area is 111 Å². The van der Waals surface area contributed by atoms with Crippen molar-refractivity contribution in [2.75, 3.05) is 19.6 Å². The van der Waals surface area contributed by atoms with Gasteiger partial charge in [-0.2, -0.15) is 0 Å². The van der Waals surface area contributed by atoms with Crippen LogP contribution in [-0.4, -0.2) is 41.1 Å². The van der Waals surface area contributed by atoms with Gasteiger partial charge in [0.1, 0.15) is 0 Å². The quantitative estimate of drug-likeness (QED) is 0.781. The van der Waals surface area contributed by atoms with Crippen molar-refractivity contribution in [3.63, 3.8) is 0 Å². The Morgan fingerprint density at radius 1 is 1.44 bits per heavy atom. The smallest absolute Gasteiger partial charge is 0.225 e. The van der Waals surface area contributed by atoms with Crippen molar-refractivity contribution in [2.45, 2.75) is 52.1 Å². The maximum atomic E-state index is 12.4. The molecule has 2 unspecified atom stereocenters. The molecule has 4 heteroatoms. The Bertz CT molecular complexity index is 273. The van der Waals surface area contributed by atoms with Gasteiger partial charge in [-0.15, -0.1) is 0 Å². The highest BCUT2D eigenvalue weighted by atomic mass is 16.3. The molecule has 0 aromatic heterocycles. The van der Waals surface area contributed by atoms with Crippen LogP contribution in [-0.2, 0) is 4.79 Å². The number of carbonyl (C=O) groups excluding carboxylic acids is 1. The zero-order valence-electron chi connectivity index (χ0n) is 12.0. The number of aliphatic hydroxyl groups is 1. The topological polar surface area (TPSA) is 66.6 Å². The lowest BCUT2D eigenvalue weighted by atomic mass is 9.80. The first-order chi connectivity index (χ1) is 8.37. The number of hydrogen-bond acceptors (Lipinski definition) is 3. The van der Waals surface area contributed by atoms with E-state index in [-0.39, 0.29) is 11.8 Å². The zero-order valence-corrected chi connectivity index (χ0v) is 12.0. The molecule has 0 heterocycles. The number of nitrogens with two attached hydrogens (primary N) is 1. The van der Waals surface area contributed by atoms with Crippen LogP contribution in [0.2, 0.25) is 0 Å². The molecule has 1 rings (SSSR count). The molecule has 0 aliphatic heterocycles. The predicted molar refractivity (Wildman–Crippen MR) is 73.1 cm³/mol. The highest BCUT2D eigenvalue weighted by Crippen LogP contribution is 2.30.